The summed E-state index contributed by atoms with van der Waals surface area (Å²) in [6, 6.07) is 0. The highest BCUT2D eigenvalue weighted by molar-refractivity contribution is 5.12. The van der Waals surface area contributed by atoms with Gasteiger partial charge < -0.3 is 5.73 Å². The summed E-state index contributed by atoms with van der Waals surface area (Å²) in [6.07, 6.45) is 5.64. The molecular weight excluding hydrogens is 122 g/mol. The lowest BCUT2D eigenvalue weighted by Crippen LogP contribution is -2.40. The Morgan fingerprint density at radius 3 is 2.70 bits per heavy atom. The molecule has 2 saturated carbocycles. The maximum Gasteiger partial charge on any atom is -0.00177 e. The molecule has 2 rings (SSSR count). The first-order chi connectivity index (χ1) is 4.82. The first kappa shape index (κ1) is 6.66. The zero-order valence-corrected chi connectivity index (χ0v) is 6.77. The van der Waals surface area contributed by atoms with Crippen LogP contribution in [0.4, 0.5) is 0 Å². The quantitative estimate of drug-likeness (QED) is 0.633. The molecule has 3 atom stereocenters. The van der Waals surface area contributed by atoms with Gasteiger partial charge in [0.1, 0.15) is 0 Å². The fourth-order valence-corrected chi connectivity index (χ4v) is 2.86. The van der Waals surface area contributed by atoms with Gasteiger partial charge in [0.15, 0.2) is 0 Å². The minimum absolute atomic E-state index is 0.624. The van der Waals surface area contributed by atoms with Crippen LogP contribution in [0.15, 0.2) is 0 Å². The van der Waals surface area contributed by atoms with E-state index in [1.54, 1.807) is 0 Å². The topological polar surface area (TPSA) is 26.0 Å². The predicted octanol–water partition coefficient (Wildman–Crippen LogP) is 1.77. The average Bonchev–Trinajstić information content (AvgIpc) is 2.58. The lowest BCUT2D eigenvalue weighted by atomic mass is 9.66. The Morgan fingerprint density at radius 1 is 1.60 bits per heavy atom. The van der Waals surface area contributed by atoms with Gasteiger partial charge in [-0.3, -0.25) is 0 Å². The van der Waals surface area contributed by atoms with Gasteiger partial charge in [0.05, 0.1) is 0 Å². The molecule has 10 heavy (non-hydrogen) atoms. The summed E-state index contributed by atoms with van der Waals surface area (Å²) < 4.78 is 0. The average molecular weight is 139 g/mol. The third-order valence-electron chi connectivity index (χ3n) is 3.53. The maximum absolute atomic E-state index is 5.77. The first-order valence-corrected chi connectivity index (χ1v) is 4.52. The van der Waals surface area contributed by atoms with E-state index in [9.17, 15) is 0 Å². The third-order valence-corrected chi connectivity index (χ3v) is 3.53. The normalized spacial score (nSPS) is 49.8. The molecule has 0 spiro atoms. The lowest BCUT2D eigenvalue weighted by molar-refractivity contribution is 0.108. The Kier molecular flexibility index (Phi) is 1.31. The molecule has 2 aliphatic rings. The Morgan fingerprint density at radius 2 is 2.40 bits per heavy atom. The number of fused-ring (bicyclic) bond motifs is 1. The Labute approximate surface area is 63.0 Å². The zero-order valence-electron chi connectivity index (χ0n) is 6.77. The lowest BCUT2D eigenvalue weighted by Gasteiger charge is -2.40. The fourth-order valence-electron chi connectivity index (χ4n) is 2.86. The summed E-state index contributed by atoms with van der Waals surface area (Å²) in [6.45, 7) is 3.22. The molecular formula is C9H17N. The molecule has 1 nitrogen and oxygen atoms in total. The van der Waals surface area contributed by atoms with Gasteiger partial charge >= 0.3 is 0 Å². The summed E-state index contributed by atoms with van der Waals surface area (Å²) in [5.41, 5.74) is 6.40. The van der Waals surface area contributed by atoms with Crippen molar-refractivity contribution < 1.29 is 0 Å². The summed E-state index contributed by atoms with van der Waals surface area (Å²) in [4.78, 5) is 0. The van der Waals surface area contributed by atoms with E-state index in [1.807, 2.05) is 0 Å². The van der Waals surface area contributed by atoms with Gasteiger partial charge in [-0.2, -0.15) is 0 Å². The SMILES string of the molecule is CCCC1(CN)CC2CC21. The van der Waals surface area contributed by atoms with E-state index in [0.717, 1.165) is 18.4 Å². The smallest absolute Gasteiger partial charge is 0.00177 e. The Balaban J connectivity index is 1.95. The highest BCUT2D eigenvalue weighted by Gasteiger charge is 2.61. The van der Waals surface area contributed by atoms with Gasteiger partial charge in [0, 0.05) is 0 Å². The minimum Gasteiger partial charge on any atom is -0.330 e. The van der Waals surface area contributed by atoms with Gasteiger partial charge in [-0.05, 0) is 43.1 Å². The van der Waals surface area contributed by atoms with Crippen molar-refractivity contribution in [3.63, 3.8) is 0 Å². The molecule has 0 amide bonds. The first-order valence-electron chi connectivity index (χ1n) is 4.52. The number of hydrogen-bond acceptors (Lipinski definition) is 1. The van der Waals surface area contributed by atoms with E-state index in [2.05, 4.69) is 6.92 Å². The van der Waals surface area contributed by atoms with E-state index >= 15 is 0 Å². The second kappa shape index (κ2) is 1.97. The van der Waals surface area contributed by atoms with Crippen molar-refractivity contribution in [1.82, 2.24) is 0 Å². The van der Waals surface area contributed by atoms with E-state index in [4.69, 9.17) is 5.73 Å². The van der Waals surface area contributed by atoms with Crippen molar-refractivity contribution in [1.29, 1.82) is 0 Å². The van der Waals surface area contributed by atoms with Crippen LogP contribution in [0.2, 0.25) is 0 Å². The third kappa shape index (κ3) is 0.672. The minimum atomic E-state index is 0.624. The number of hydrogen-bond donors (Lipinski definition) is 1. The van der Waals surface area contributed by atoms with Crippen LogP contribution in [0.3, 0.4) is 0 Å². The predicted molar refractivity (Wildman–Crippen MR) is 42.6 cm³/mol. The van der Waals surface area contributed by atoms with Crippen molar-refractivity contribution >= 4 is 0 Å². The fraction of sp³-hybridized carbons (Fsp3) is 1.00. The monoisotopic (exact) mass is 139 g/mol. The van der Waals surface area contributed by atoms with Crippen LogP contribution in [-0.2, 0) is 0 Å². The molecule has 0 saturated heterocycles. The summed E-state index contributed by atoms with van der Waals surface area (Å²) in [5.74, 6) is 2.16. The van der Waals surface area contributed by atoms with Crippen molar-refractivity contribution in [3.05, 3.63) is 0 Å². The maximum atomic E-state index is 5.77. The van der Waals surface area contributed by atoms with Gasteiger partial charge in [-0.25, -0.2) is 0 Å². The van der Waals surface area contributed by atoms with Crippen LogP contribution in [-0.4, -0.2) is 6.54 Å². The van der Waals surface area contributed by atoms with Gasteiger partial charge in [-0.1, -0.05) is 13.3 Å². The molecule has 58 valence electrons. The van der Waals surface area contributed by atoms with Crippen molar-refractivity contribution in [2.75, 3.05) is 6.54 Å². The van der Waals surface area contributed by atoms with Crippen LogP contribution in [0.5, 0.6) is 0 Å². The van der Waals surface area contributed by atoms with E-state index in [-0.39, 0.29) is 0 Å². The molecule has 0 aromatic heterocycles. The standard InChI is InChI=1S/C9H17N/c1-2-3-9(6-10)5-7-4-8(7)9/h7-8H,2-6,10H2,1H3. The molecule has 0 heterocycles. The van der Waals surface area contributed by atoms with Gasteiger partial charge in [0.25, 0.3) is 0 Å². The van der Waals surface area contributed by atoms with Crippen molar-refractivity contribution in [2.24, 2.45) is 23.0 Å². The van der Waals surface area contributed by atoms with Crippen LogP contribution < -0.4 is 5.73 Å². The molecule has 3 unspecified atom stereocenters. The van der Waals surface area contributed by atoms with E-state index < -0.39 is 0 Å². The highest BCUT2D eigenvalue weighted by Crippen LogP contribution is 2.68. The Hall–Kier alpha value is -0.0400. The van der Waals surface area contributed by atoms with Crippen molar-refractivity contribution in [2.45, 2.75) is 32.6 Å². The summed E-state index contributed by atoms with van der Waals surface area (Å²) in [7, 11) is 0. The van der Waals surface area contributed by atoms with Crippen LogP contribution in [0.25, 0.3) is 0 Å². The molecule has 0 aromatic carbocycles. The van der Waals surface area contributed by atoms with E-state index in [1.165, 1.54) is 25.7 Å². The molecule has 0 aliphatic heterocycles. The Bertz CT molecular complexity index is 144. The molecule has 0 aromatic rings. The number of nitrogens with two attached hydrogens (primary N) is 1. The van der Waals surface area contributed by atoms with Crippen LogP contribution in [0.1, 0.15) is 32.6 Å². The molecule has 2 N–H and O–H groups in total. The van der Waals surface area contributed by atoms with Gasteiger partial charge in [-0.15, -0.1) is 0 Å². The highest BCUT2D eigenvalue weighted by atomic mass is 14.7. The summed E-state index contributed by atoms with van der Waals surface area (Å²) in [5, 5.41) is 0. The van der Waals surface area contributed by atoms with Crippen molar-refractivity contribution in [3.8, 4) is 0 Å². The number of rotatable bonds is 3. The zero-order chi connectivity index (χ0) is 7.19. The largest absolute Gasteiger partial charge is 0.330 e. The molecule has 2 aliphatic carbocycles. The molecule has 1 heteroatoms. The summed E-state index contributed by atoms with van der Waals surface area (Å²) >= 11 is 0. The second-order valence-electron chi connectivity index (χ2n) is 4.12. The molecule has 0 radical (unpaired) electrons. The van der Waals surface area contributed by atoms with Crippen LogP contribution >= 0.6 is 0 Å². The van der Waals surface area contributed by atoms with Crippen LogP contribution in [0, 0.1) is 17.3 Å². The molecule has 2 fully saturated rings. The van der Waals surface area contributed by atoms with E-state index in [0.29, 0.717) is 5.41 Å². The molecule has 0 bridgehead atoms. The second-order valence-corrected chi connectivity index (χ2v) is 4.12. The van der Waals surface area contributed by atoms with Gasteiger partial charge in [0.2, 0.25) is 0 Å².